The lowest BCUT2D eigenvalue weighted by Crippen LogP contribution is -2.36. The van der Waals surface area contributed by atoms with Crippen molar-refractivity contribution in [3.63, 3.8) is 0 Å². The van der Waals surface area contributed by atoms with Crippen LogP contribution in [0.1, 0.15) is 48.0 Å². The van der Waals surface area contributed by atoms with Gasteiger partial charge in [0.2, 0.25) is 0 Å². The fourth-order valence-corrected chi connectivity index (χ4v) is 4.34. The smallest absolute Gasteiger partial charge is 0.186 e. The number of aldehydes is 1. The molecule has 0 aliphatic carbocycles. The number of fused-ring (bicyclic) bond motifs is 1. The van der Waals surface area contributed by atoms with Crippen molar-refractivity contribution < 1.29 is 4.79 Å². The van der Waals surface area contributed by atoms with E-state index in [1.807, 2.05) is 0 Å². The Hall–Kier alpha value is -0.940. The quantitative estimate of drug-likeness (QED) is 0.800. The van der Waals surface area contributed by atoms with Gasteiger partial charge in [0, 0.05) is 25.7 Å². The number of hydrogen-bond donors (Lipinski definition) is 0. The van der Waals surface area contributed by atoms with E-state index in [2.05, 4.69) is 16.7 Å². The molecule has 110 valence electrons. The van der Waals surface area contributed by atoms with E-state index in [1.54, 1.807) is 11.3 Å². The topological polar surface area (TPSA) is 36.4 Å². The highest BCUT2D eigenvalue weighted by Crippen LogP contribution is 2.30. The van der Waals surface area contributed by atoms with Crippen LogP contribution in [0.25, 0.3) is 0 Å². The van der Waals surface area contributed by atoms with Crippen molar-refractivity contribution in [2.45, 2.75) is 45.1 Å². The monoisotopic (exact) mass is 293 g/mol. The molecule has 2 aliphatic heterocycles. The molecule has 0 amide bonds. The Morgan fingerprint density at radius 2 is 2.20 bits per heavy atom. The molecule has 0 aromatic carbocycles. The van der Waals surface area contributed by atoms with Crippen LogP contribution in [0, 0.1) is 0 Å². The SMILES string of the molecule is CCCc1nc(N2CCCN3CCCC3C2)sc1C=O. The second kappa shape index (κ2) is 6.22. The van der Waals surface area contributed by atoms with E-state index in [0.29, 0.717) is 6.04 Å². The fraction of sp³-hybridized carbons (Fsp3) is 0.733. The molecule has 1 aromatic heterocycles. The molecule has 0 saturated carbocycles. The zero-order valence-corrected chi connectivity index (χ0v) is 13.0. The predicted molar refractivity (Wildman–Crippen MR) is 82.9 cm³/mol. The van der Waals surface area contributed by atoms with Gasteiger partial charge in [0.1, 0.15) is 0 Å². The number of aryl methyl sites for hydroxylation is 1. The van der Waals surface area contributed by atoms with Crippen molar-refractivity contribution >= 4 is 22.8 Å². The lowest BCUT2D eigenvalue weighted by molar-refractivity contribution is 0.112. The van der Waals surface area contributed by atoms with Gasteiger partial charge in [-0.2, -0.15) is 0 Å². The molecule has 0 bridgehead atoms. The number of rotatable bonds is 4. The average molecular weight is 293 g/mol. The third-order valence-corrected chi connectivity index (χ3v) is 5.47. The Morgan fingerprint density at radius 3 is 3.00 bits per heavy atom. The highest BCUT2D eigenvalue weighted by molar-refractivity contribution is 7.17. The summed E-state index contributed by atoms with van der Waals surface area (Å²) in [5, 5.41) is 1.06. The van der Waals surface area contributed by atoms with Gasteiger partial charge in [-0.3, -0.25) is 9.69 Å². The Balaban J connectivity index is 1.79. The van der Waals surface area contributed by atoms with Gasteiger partial charge in [-0.15, -0.1) is 0 Å². The average Bonchev–Trinajstić information content (AvgIpc) is 3.01. The number of aromatic nitrogens is 1. The summed E-state index contributed by atoms with van der Waals surface area (Å²) in [6.07, 6.45) is 6.77. The fourth-order valence-electron chi connectivity index (χ4n) is 3.37. The van der Waals surface area contributed by atoms with Crippen LogP contribution in [-0.2, 0) is 6.42 Å². The number of carbonyl (C=O) groups excluding carboxylic acids is 1. The molecule has 1 atom stereocenters. The van der Waals surface area contributed by atoms with Crippen LogP contribution in [0.2, 0.25) is 0 Å². The number of anilines is 1. The molecule has 1 aromatic rings. The molecule has 5 heteroatoms. The maximum Gasteiger partial charge on any atom is 0.186 e. The van der Waals surface area contributed by atoms with Crippen LogP contribution < -0.4 is 4.90 Å². The summed E-state index contributed by atoms with van der Waals surface area (Å²) >= 11 is 1.58. The van der Waals surface area contributed by atoms with E-state index >= 15 is 0 Å². The van der Waals surface area contributed by atoms with E-state index in [4.69, 9.17) is 4.98 Å². The highest BCUT2D eigenvalue weighted by atomic mass is 32.1. The molecule has 0 spiro atoms. The Morgan fingerprint density at radius 1 is 1.35 bits per heavy atom. The van der Waals surface area contributed by atoms with Crippen molar-refractivity contribution in [3.05, 3.63) is 10.6 Å². The largest absolute Gasteiger partial charge is 0.346 e. The summed E-state index contributed by atoms with van der Waals surface area (Å²) in [5.74, 6) is 0. The van der Waals surface area contributed by atoms with Crippen molar-refractivity contribution in [3.8, 4) is 0 Å². The Labute approximate surface area is 124 Å². The van der Waals surface area contributed by atoms with E-state index < -0.39 is 0 Å². The Kier molecular flexibility index (Phi) is 4.36. The van der Waals surface area contributed by atoms with Gasteiger partial charge in [0.15, 0.2) is 11.4 Å². The number of nitrogens with zero attached hydrogens (tertiary/aromatic N) is 3. The molecule has 4 nitrogen and oxygen atoms in total. The summed E-state index contributed by atoms with van der Waals surface area (Å²) in [5.41, 5.74) is 0.995. The summed E-state index contributed by atoms with van der Waals surface area (Å²) in [6.45, 7) is 6.77. The molecule has 3 heterocycles. The maximum absolute atomic E-state index is 11.2. The molecule has 0 radical (unpaired) electrons. The number of carbonyl (C=O) groups is 1. The third kappa shape index (κ3) is 2.74. The van der Waals surface area contributed by atoms with E-state index in [9.17, 15) is 4.79 Å². The minimum Gasteiger partial charge on any atom is -0.346 e. The maximum atomic E-state index is 11.2. The Bertz CT molecular complexity index is 474. The van der Waals surface area contributed by atoms with Gasteiger partial charge >= 0.3 is 0 Å². The summed E-state index contributed by atoms with van der Waals surface area (Å²) in [7, 11) is 0. The normalized spacial score (nSPS) is 23.6. The minimum atomic E-state index is 0.690. The molecule has 20 heavy (non-hydrogen) atoms. The standard InChI is InChI=1S/C15H23N3OS/c1-2-5-13-14(11-19)20-15(16-13)18-9-4-8-17-7-3-6-12(17)10-18/h11-12H,2-10H2,1H3. The molecule has 2 fully saturated rings. The zero-order chi connectivity index (χ0) is 13.9. The molecular weight excluding hydrogens is 270 g/mol. The molecule has 3 rings (SSSR count). The minimum absolute atomic E-state index is 0.690. The van der Waals surface area contributed by atoms with E-state index in [1.165, 1.54) is 32.4 Å². The van der Waals surface area contributed by atoms with Gasteiger partial charge in [0.05, 0.1) is 10.6 Å². The molecule has 2 saturated heterocycles. The van der Waals surface area contributed by atoms with Gasteiger partial charge in [0.25, 0.3) is 0 Å². The van der Waals surface area contributed by atoms with Crippen LogP contribution in [0.15, 0.2) is 0 Å². The first kappa shape index (κ1) is 14.0. The van der Waals surface area contributed by atoms with Gasteiger partial charge in [-0.25, -0.2) is 4.98 Å². The van der Waals surface area contributed by atoms with Crippen LogP contribution in [0.4, 0.5) is 5.13 Å². The summed E-state index contributed by atoms with van der Waals surface area (Å²) in [6, 6.07) is 0.690. The molecule has 2 aliphatic rings. The van der Waals surface area contributed by atoms with Crippen molar-refractivity contribution in [1.82, 2.24) is 9.88 Å². The third-order valence-electron chi connectivity index (χ3n) is 4.38. The lowest BCUT2D eigenvalue weighted by atomic mass is 10.2. The first-order chi connectivity index (χ1) is 9.81. The predicted octanol–water partition coefficient (Wildman–Crippen LogP) is 2.58. The van der Waals surface area contributed by atoms with Crippen LogP contribution in [0.5, 0.6) is 0 Å². The van der Waals surface area contributed by atoms with Crippen LogP contribution >= 0.6 is 11.3 Å². The zero-order valence-electron chi connectivity index (χ0n) is 12.2. The van der Waals surface area contributed by atoms with Crippen molar-refractivity contribution in [2.24, 2.45) is 0 Å². The van der Waals surface area contributed by atoms with Crippen LogP contribution in [-0.4, -0.2) is 48.4 Å². The summed E-state index contributed by atoms with van der Waals surface area (Å²) in [4.78, 5) is 21.8. The second-order valence-electron chi connectivity index (χ2n) is 5.81. The van der Waals surface area contributed by atoms with E-state index in [0.717, 1.165) is 47.9 Å². The first-order valence-electron chi connectivity index (χ1n) is 7.75. The van der Waals surface area contributed by atoms with Gasteiger partial charge < -0.3 is 4.90 Å². The highest BCUT2D eigenvalue weighted by Gasteiger charge is 2.30. The molecule has 0 N–H and O–H groups in total. The van der Waals surface area contributed by atoms with E-state index in [-0.39, 0.29) is 0 Å². The first-order valence-corrected chi connectivity index (χ1v) is 8.57. The molecule has 1 unspecified atom stereocenters. The van der Waals surface area contributed by atoms with Crippen molar-refractivity contribution in [2.75, 3.05) is 31.1 Å². The number of thiazole rings is 1. The second-order valence-corrected chi connectivity index (χ2v) is 6.82. The van der Waals surface area contributed by atoms with Crippen LogP contribution in [0.3, 0.4) is 0 Å². The molecular formula is C15H23N3OS. The van der Waals surface area contributed by atoms with Gasteiger partial charge in [-0.1, -0.05) is 24.7 Å². The van der Waals surface area contributed by atoms with Gasteiger partial charge in [-0.05, 0) is 32.2 Å². The summed E-state index contributed by atoms with van der Waals surface area (Å²) < 4.78 is 0. The lowest BCUT2D eigenvalue weighted by Gasteiger charge is -2.25. The number of hydrogen-bond acceptors (Lipinski definition) is 5. The van der Waals surface area contributed by atoms with Crippen molar-refractivity contribution in [1.29, 1.82) is 0 Å².